The lowest BCUT2D eigenvalue weighted by Gasteiger charge is -2.26. The Morgan fingerprint density at radius 2 is 1.79 bits per heavy atom. The van der Waals surface area contributed by atoms with Crippen molar-refractivity contribution in [3.05, 3.63) is 71.4 Å². The van der Waals surface area contributed by atoms with E-state index in [4.69, 9.17) is 9.15 Å². The van der Waals surface area contributed by atoms with Crippen LogP contribution in [0.15, 0.2) is 58.0 Å². The summed E-state index contributed by atoms with van der Waals surface area (Å²) in [5, 5.41) is 4.41. The Balaban J connectivity index is 1.57. The number of ether oxygens (including phenoxy) is 1. The molecule has 0 spiro atoms. The van der Waals surface area contributed by atoms with Crippen LogP contribution in [0.2, 0.25) is 0 Å². The number of morpholine rings is 1. The predicted octanol–water partition coefficient (Wildman–Crippen LogP) is 2.34. The summed E-state index contributed by atoms with van der Waals surface area (Å²) < 4.78 is 40.1. The van der Waals surface area contributed by atoms with Crippen LogP contribution in [0.3, 0.4) is 0 Å². The van der Waals surface area contributed by atoms with Crippen molar-refractivity contribution in [1.29, 1.82) is 0 Å². The van der Waals surface area contributed by atoms with Crippen LogP contribution in [-0.2, 0) is 39.2 Å². The number of nitrogens with zero attached hydrogens (tertiary/aromatic N) is 4. The number of aromatic nitrogens is 2. The summed E-state index contributed by atoms with van der Waals surface area (Å²) in [6.45, 7) is 5.33. The van der Waals surface area contributed by atoms with Crippen LogP contribution in [0, 0.1) is 13.8 Å². The number of furan rings is 1. The Labute approximate surface area is 193 Å². The SMILES string of the molecule is Cc1nn(CC(=O)N(Cc2ccccc2)Cc2ccco2)c(C)c1S(=O)(=O)N1CCOCC1. The lowest BCUT2D eigenvalue weighted by Crippen LogP contribution is -2.41. The fraction of sp³-hybridized carbons (Fsp3) is 0.391. The number of amides is 1. The molecule has 3 heterocycles. The monoisotopic (exact) mass is 472 g/mol. The van der Waals surface area contributed by atoms with Crippen molar-refractivity contribution in [2.45, 2.75) is 38.4 Å². The Morgan fingerprint density at radius 1 is 1.06 bits per heavy atom. The quantitative estimate of drug-likeness (QED) is 0.499. The summed E-state index contributed by atoms with van der Waals surface area (Å²) in [6, 6.07) is 13.3. The Hall–Kier alpha value is -2.95. The zero-order chi connectivity index (χ0) is 23.4. The third kappa shape index (κ3) is 5.18. The summed E-state index contributed by atoms with van der Waals surface area (Å²) in [4.78, 5) is 15.2. The standard InChI is InChI=1S/C23H28N4O5S/c1-18-23(33(29,30)26-10-13-31-14-11-26)19(2)27(24-18)17-22(28)25(16-21-9-6-12-32-21)15-20-7-4-3-5-8-20/h3-9,12H,10-11,13-17H2,1-2H3. The third-order valence-electron chi connectivity index (χ3n) is 5.66. The molecule has 1 aliphatic rings. The molecule has 10 heteroatoms. The van der Waals surface area contributed by atoms with E-state index >= 15 is 0 Å². The van der Waals surface area contributed by atoms with Gasteiger partial charge in [0.2, 0.25) is 15.9 Å². The normalized spacial score (nSPS) is 15.0. The number of hydrogen-bond acceptors (Lipinski definition) is 6. The number of carbonyl (C=O) groups excluding carboxylic acids is 1. The van der Waals surface area contributed by atoms with E-state index in [9.17, 15) is 13.2 Å². The lowest BCUT2D eigenvalue weighted by atomic mass is 10.2. The zero-order valence-electron chi connectivity index (χ0n) is 18.8. The lowest BCUT2D eigenvalue weighted by molar-refractivity contribution is -0.133. The Kier molecular flexibility index (Phi) is 6.96. The molecule has 0 saturated carbocycles. The van der Waals surface area contributed by atoms with Gasteiger partial charge in [-0.15, -0.1) is 0 Å². The number of hydrogen-bond donors (Lipinski definition) is 0. The second-order valence-electron chi connectivity index (χ2n) is 7.99. The van der Waals surface area contributed by atoms with E-state index in [1.54, 1.807) is 31.1 Å². The molecule has 3 aromatic rings. The highest BCUT2D eigenvalue weighted by Crippen LogP contribution is 2.24. The molecular weight excluding hydrogens is 444 g/mol. The van der Waals surface area contributed by atoms with E-state index in [2.05, 4.69) is 5.10 Å². The van der Waals surface area contributed by atoms with Gasteiger partial charge in [0.15, 0.2) is 0 Å². The Morgan fingerprint density at radius 3 is 2.45 bits per heavy atom. The summed E-state index contributed by atoms with van der Waals surface area (Å²) in [7, 11) is -3.72. The second kappa shape index (κ2) is 9.90. The first kappa shape index (κ1) is 23.2. The fourth-order valence-electron chi connectivity index (χ4n) is 3.98. The highest BCUT2D eigenvalue weighted by molar-refractivity contribution is 7.89. The number of rotatable bonds is 8. The first-order chi connectivity index (χ1) is 15.9. The van der Waals surface area contributed by atoms with Crippen molar-refractivity contribution in [2.24, 2.45) is 0 Å². The molecule has 1 amide bonds. The van der Waals surface area contributed by atoms with Gasteiger partial charge in [0.25, 0.3) is 0 Å². The number of sulfonamides is 1. The van der Waals surface area contributed by atoms with Gasteiger partial charge in [0.05, 0.1) is 37.4 Å². The maximum absolute atomic E-state index is 13.3. The van der Waals surface area contributed by atoms with E-state index in [0.717, 1.165) is 5.56 Å². The van der Waals surface area contributed by atoms with E-state index < -0.39 is 10.0 Å². The molecule has 9 nitrogen and oxygen atoms in total. The average molecular weight is 473 g/mol. The van der Waals surface area contributed by atoms with Crippen LogP contribution >= 0.6 is 0 Å². The highest BCUT2D eigenvalue weighted by Gasteiger charge is 2.32. The van der Waals surface area contributed by atoms with Crippen molar-refractivity contribution >= 4 is 15.9 Å². The van der Waals surface area contributed by atoms with Gasteiger partial charge in [0, 0.05) is 19.6 Å². The van der Waals surface area contributed by atoms with Gasteiger partial charge in [-0.25, -0.2) is 8.42 Å². The molecular formula is C23H28N4O5S. The van der Waals surface area contributed by atoms with Gasteiger partial charge in [-0.1, -0.05) is 30.3 Å². The first-order valence-electron chi connectivity index (χ1n) is 10.8. The summed E-state index contributed by atoms with van der Waals surface area (Å²) >= 11 is 0. The molecule has 2 aromatic heterocycles. The smallest absolute Gasteiger partial charge is 0.246 e. The minimum atomic E-state index is -3.72. The molecule has 176 valence electrons. The molecule has 0 atom stereocenters. The van der Waals surface area contributed by atoms with Crippen molar-refractivity contribution < 1.29 is 22.4 Å². The van der Waals surface area contributed by atoms with Crippen molar-refractivity contribution in [2.75, 3.05) is 26.3 Å². The summed E-state index contributed by atoms with van der Waals surface area (Å²) in [6.07, 6.45) is 1.57. The van der Waals surface area contributed by atoms with Gasteiger partial charge in [-0.05, 0) is 31.5 Å². The highest BCUT2D eigenvalue weighted by atomic mass is 32.2. The van der Waals surface area contributed by atoms with E-state index in [0.29, 0.717) is 56.5 Å². The Bertz CT molecular complexity index is 1180. The first-order valence-corrected chi connectivity index (χ1v) is 12.3. The topological polar surface area (TPSA) is 97.9 Å². The maximum Gasteiger partial charge on any atom is 0.246 e. The summed E-state index contributed by atoms with van der Waals surface area (Å²) in [5.41, 5.74) is 1.82. The van der Waals surface area contributed by atoms with E-state index in [1.807, 2.05) is 36.4 Å². The molecule has 1 saturated heterocycles. The van der Waals surface area contributed by atoms with E-state index in [-0.39, 0.29) is 17.3 Å². The van der Waals surface area contributed by atoms with Crippen LogP contribution in [0.5, 0.6) is 0 Å². The predicted molar refractivity (Wildman–Crippen MR) is 121 cm³/mol. The molecule has 0 bridgehead atoms. The van der Waals surface area contributed by atoms with Gasteiger partial charge in [-0.3, -0.25) is 9.48 Å². The minimum Gasteiger partial charge on any atom is -0.467 e. The van der Waals surface area contributed by atoms with Gasteiger partial charge >= 0.3 is 0 Å². The fourth-order valence-corrected chi connectivity index (χ4v) is 5.76. The molecule has 1 aliphatic heterocycles. The van der Waals surface area contributed by atoms with Crippen LogP contribution in [-0.4, -0.2) is 59.6 Å². The van der Waals surface area contributed by atoms with Crippen LogP contribution in [0.25, 0.3) is 0 Å². The van der Waals surface area contributed by atoms with Crippen molar-refractivity contribution in [3.8, 4) is 0 Å². The van der Waals surface area contributed by atoms with E-state index in [1.165, 1.54) is 8.99 Å². The largest absolute Gasteiger partial charge is 0.467 e. The number of benzene rings is 1. The maximum atomic E-state index is 13.3. The molecule has 1 aromatic carbocycles. The van der Waals surface area contributed by atoms with Gasteiger partial charge < -0.3 is 14.1 Å². The third-order valence-corrected chi connectivity index (χ3v) is 7.82. The van der Waals surface area contributed by atoms with Crippen molar-refractivity contribution in [1.82, 2.24) is 19.0 Å². The molecule has 0 aliphatic carbocycles. The molecule has 0 unspecified atom stereocenters. The zero-order valence-corrected chi connectivity index (χ0v) is 19.6. The number of aryl methyl sites for hydroxylation is 1. The van der Waals surface area contributed by atoms with Crippen LogP contribution in [0.4, 0.5) is 0 Å². The molecule has 0 radical (unpaired) electrons. The second-order valence-corrected chi connectivity index (χ2v) is 9.86. The van der Waals surface area contributed by atoms with Crippen LogP contribution in [0.1, 0.15) is 22.7 Å². The van der Waals surface area contributed by atoms with Gasteiger partial charge in [-0.2, -0.15) is 9.40 Å². The molecule has 0 N–H and O–H groups in total. The summed E-state index contributed by atoms with van der Waals surface area (Å²) in [5.74, 6) is 0.486. The van der Waals surface area contributed by atoms with Crippen LogP contribution < -0.4 is 0 Å². The average Bonchev–Trinajstić information content (AvgIpc) is 3.42. The molecule has 4 rings (SSSR count). The minimum absolute atomic E-state index is 0.0706. The number of carbonyl (C=O) groups is 1. The van der Waals surface area contributed by atoms with Gasteiger partial charge in [0.1, 0.15) is 17.2 Å². The molecule has 1 fully saturated rings. The molecule has 33 heavy (non-hydrogen) atoms. The van der Waals surface area contributed by atoms with Crippen molar-refractivity contribution in [3.63, 3.8) is 0 Å².